The molecule has 348 valence electrons. The molecular weight excluding hydrogens is 808 g/mol. The summed E-state index contributed by atoms with van der Waals surface area (Å²) in [5.41, 5.74) is -0.952. The molecule has 0 aromatic rings. The summed E-state index contributed by atoms with van der Waals surface area (Å²) in [6, 6.07) is 0. The van der Waals surface area contributed by atoms with Crippen molar-refractivity contribution in [1.82, 2.24) is 0 Å². The Morgan fingerprint density at radius 1 is 0.705 bits per heavy atom. The summed E-state index contributed by atoms with van der Waals surface area (Å²) in [6.45, 7) is 5.10. The van der Waals surface area contributed by atoms with Gasteiger partial charge in [-0.3, -0.25) is 0 Å². The van der Waals surface area contributed by atoms with Gasteiger partial charge < -0.3 is 89.0 Å². The third-order valence-electron chi connectivity index (χ3n) is 16.6. The van der Waals surface area contributed by atoms with Gasteiger partial charge in [0.2, 0.25) is 0 Å². The molecule has 0 bridgehead atoms. The number of carbonyl (C=O) groups is 1. The number of carbonyl (C=O) groups excluding carboxylic acids is 1. The normalized spacial score (nSPS) is 55.0. The molecule has 19 heteroatoms. The third kappa shape index (κ3) is 7.73. The van der Waals surface area contributed by atoms with Crippen LogP contribution in [0.3, 0.4) is 0 Å². The SMILES string of the molecule is CO[C@H]1[C@@H](O)[C@H](OC[C@H]2O[C@@H](OC[C@H]3O[C@@H](O[C@@H]4C[C@@H]5CC[C@H]6[C@@H](CC[C@]7(C)[C@H](C8=CC(=O)OC8)CC[C@]67O)[C@@]5(C)[C@@H](O)C4)[C@H](O)[C@H](O)[C@@H]3O)[C@H](O)[C@H](O)[C@@H]2O)O[C@@H](C)[C@H]1O. The second-order valence-electron chi connectivity index (χ2n) is 19.5. The van der Waals surface area contributed by atoms with Crippen LogP contribution >= 0.6 is 0 Å². The number of cyclic esters (lactones) is 1. The van der Waals surface area contributed by atoms with Crippen molar-refractivity contribution in [3.63, 3.8) is 0 Å². The van der Waals surface area contributed by atoms with Crippen LogP contribution in [0.4, 0.5) is 0 Å². The number of aliphatic hydroxyl groups is 10. The number of hydrogen-bond acceptors (Lipinski definition) is 19. The Kier molecular flexibility index (Phi) is 13.1. The highest BCUT2D eigenvalue weighted by atomic mass is 16.7. The van der Waals surface area contributed by atoms with Crippen LogP contribution in [-0.2, 0) is 42.7 Å². The Labute approximate surface area is 354 Å². The number of aliphatic hydroxyl groups excluding tert-OH is 9. The lowest BCUT2D eigenvalue weighted by Crippen LogP contribution is -2.65. The van der Waals surface area contributed by atoms with Crippen molar-refractivity contribution in [2.45, 2.75) is 182 Å². The molecule has 8 aliphatic rings. The molecular formula is C42H66O19. The first-order valence-electron chi connectivity index (χ1n) is 21.9. The van der Waals surface area contributed by atoms with E-state index in [1.165, 1.54) is 7.11 Å². The minimum atomic E-state index is -1.77. The van der Waals surface area contributed by atoms with Crippen molar-refractivity contribution in [3.05, 3.63) is 11.6 Å². The van der Waals surface area contributed by atoms with Gasteiger partial charge >= 0.3 is 5.97 Å². The van der Waals surface area contributed by atoms with Gasteiger partial charge in [-0.2, -0.15) is 0 Å². The van der Waals surface area contributed by atoms with Crippen molar-refractivity contribution in [2.75, 3.05) is 26.9 Å². The molecule has 0 aromatic carbocycles. The van der Waals surface area contributed by atoms with E-state index >= 15 is 0 Å². The lowest BCUT2D eigenvalue weighted by molar-refractivity contribution is -0.346. The zero-order chi connectivity index (χ0) is 43.9. The average Bonchev–Trinajstić information content (AvgIpc) is 3.78. The maximum absolute atomic E-state index is 12.6. The number of hydrogen-bond donors (Lipinski definition) is 10. The van der Waals surface area contributed by atoms with Crippen molar-refractivity contribution in [2.24, 2.45) is 34.5 Å². The second kappa shape index (κ2) is 17.4. The third-order valence-corrected chi connectivity index (χ3v) is 16.6. The molecule has 10 N–H and O–H groups in total. The minimum absolute atomic E-state index is 0.0135. The van der Waals surface area contributed by atoms with Gasteiger partial charge in [-0.25, -0.2) is 4.79 Å². The van der Waals surface area contributed by atoms with E-state index < -0.39 is 134 Å². The molecule has 7 fully saturated rings. The van der Waals surface area contributed by atoms with E-state index in [1.807, 2.05) is 0 Å². The maximum atomic E-state index is 12.6. The summed E-state index contributed by atoms with van der Waals surface area (Å²) < 4.78 is 45.4. The van der Waals surface area contributed by atoms with E-state index in [2.05, 4.69) is 13.8 Å². The topological polar surface area (TPSA) is 293 Å². The quantitative estimate of drug-likeness (QED) is 0.0818. The monoisotopic (exact) mass is 874 g/mol. The second-order valence-corrected chi connectivity index (χ2v) is 19.5. The highest BCUT2D eigenvalue weighted by Gasteiger charge is 2.69. The van der Waals surface area contributed by atoms with Gasteiger partial charge in [-0.1, -0.05) is 13.8 Å². The highest BCUT2D eigenvalue weighted by Crippen LogP contribution is 2.70. The van der Waals surface area contributed by atoms with Gasteiger partial charge in [0.25, 0.3) is 0 Å². The number of fused-ring (bicyclic) bond motifs is 5. The summed E-state index contributed by atoms with van der Waals surface area (Å²) in [6.07, 6.45) is -16.3. The first-order valence-corrected chi connectivity index (χ1v) is 21.9. The fourth-order valence-corrected chi connectivity index (χ4v) is 12.9. The van der Waals surface area contributed by atoms with Gasteiger partial charge in [0.15, 0.2) is 18.9 Å². The lowest BCUT2D eigenvalue weighted by Gasteiger charge is -2.64. The van der Waals surface area contributed by atoms with E-state index in [1.54, 1.807) is 13.0 Å². The van der Waals surface area contributed by atoms with Gasteiger partial charge in [0, 0.05) is 25.0 Å². The van der Waals surface area contributed by atoms with Gasteiger partial charge in [-0.15, -0.1) is 0 Å². The number of ether oxygens (including phenoxy) is 8. The minimum Gasteiger partial charge on any atom is -0.458 e. The number of rotatable bonds is 10. The molecule has 8 rings (SSSR count). The fraction of sp³-hybridized carbons (Fsp3) is 0.929. The van der Waals surface area contributed by atoms with Crippen LogP contribution in [0.1, 0.15) is 72.1 Å². The summed E-state index contributed by atoms with van der Waals surface area (Å²) in [5, 5.41) is 110. The Hall–Kier alpha value is -1.47. The van der Waals surface area contributed by atoms with Gasteiger partial charge in [-0.05, 0) is 86.5 Å². The zero-order valence-corrected chi connectivity index (χ0v) is 35.1. The Bertz CT molecular complexity index is 1600. The predicted octanol–water partition coefficient (Wildman–Crippen LogP) is -2.27. The standard InChI is InChI=1S/C42H66O19/c1-17-28(45)36(54-4)35(52)38(58-17)57-15-24-29(46)31(48)33(50)37(60-24)56-16-25-30(47)32(49)34(51)39(61-25)59-20-12-19-5-6-23-22(41(19,3)26(43)13-20)7-9-40(2)21(8-10-42(23,40)53)18-11-27(44)55-14-18/h11,17,19-26,28-39,43,45-53H,5-10,12-16H2,1-4H3/t17-,19-,20+,21-,22+,23-,24+,25+,26-,28+,29+,30+,31+,32+,33+,34+,35+,36+,37+,38+,39+,40+,41-,42-/m0/s1. The average molecular weight is 875 g/mol. The molecule has 0 aromatic heterocycles. The van der Waals surface area contributed by atoms with E-state index in [9.17, 15) is 55.9 Å². The first kappa shape index (κ1) is 46.1. The Balaban J connectivity index is 0.880. The van der Waals surface area contributed by atoms with Gasteiger partial charge in [0.05, 0.1) is 37.1 Å². The molecule has 3 saturated heterocycles. The molecule has 4 saturated carbocycles. The molecule has 4 aliphatic carbocycles. The molecule has 4 heterocycles. The predicted molar refractivity (Wildman–Crippen MR) is 204 cm³/mol. The Morgan fingerprint density at radius 2 is 1.33 bits per heavy atom. The number of methoxy groups -OCH3 is 1. The van der Waals surface area contributed by atoms with Crippen molar-refractivity contribution < 1.29 is 93.8 Å². The van der Waals surface area contributed by atoms with Gasteiger partial charge in [0.1, 0.15) is 73.8 Å². The lowest BCUT2D eigenvalue weighted by atomic mass is 9.42. The first-order chi connectivity index (χ1) is 28.8. The van der Waals surface area contributed by atoms with E-state index in [-0.39, 0.29) is 42.7 Å². The molecule has 0 amide bonds. The van der Waals surface area contributed by atoms with Crippen molar-refractivity contribution in [3.8, 4) is 0 Å². The summed E-state index contributed by atoms with van der Waals surface area (Å²) in [7, 11) is 1.31. The molecule has 61 heavy (non-hydrogen) atoms. The molecule has 19 nitrogen and oxygen atoms in total. The van der Waals surface area contributed by atoms with E-state index in [4.69, 9.17) is 37.9 Å². The van der Waals surface area contributed by atoms with Crippen LogP contribution in [-0.4, -0.2) is 194 Å². The van der Waals surface area contributed by atoms with Crippen LogP contribution in [0.5, 0.6) is 0 Å². The van der Waals surface area contributed by atoms with Crippen LogP contribution in [0.15, 0.2) is 11.6 Å². The summed E-state index contributed by atoms with van der Waals surface area (Å²) in [5.74, 6) is -0.265. The number of esters is 1. The molecule has 4 aliphatic heterocycles. The van der Waals surface area contributed by atoms with Crippen LogP contribution in [0, 0.1) is 34.5 Å². The van der Waals surface area contributed by atoms with Crippen molar-refractivity contribution in [1.29, 1.82) is 0 Å². The Morgan fingerprint density at radius 3 is 1.95 bits per heavy atom. The smallest absolute Gasteiger partial charge is 0.331 e. The summed E-state index contributed by atoms with van der Waals surface area (Å²) in [4.78, 5) is 12.0. The van der Waals surface area contributed by atoms with E-state index in [0.717, 1.165) is 37.7 Å². The fourth-order valence-electron chi connectivity index (χ4n) is 12.9. The van der Waals surface area contributed by atoms with Crippen LogP contribution in [0.25, 0.3) is 0 Å². The maximum Gasteiger partial charge on any atom is 0.331 e. The molecule has 0 spiro atoms. The van der Waals surface area contributed by atoms with Crippen LogP contribution in [0.2, 0.25) is 0 Å². The largest absolute Gasteiger partial charge is 0.458 e. The zero-order valence-electron chi connectivity index (χ0n) is 35.1. The molecule has 0 radical (unpaired) electrons. The van der Waals surface area contributed by atoms with Crippen LogP contribution < -0.4 is 0 Å². The van der Waals surface area contributed by atoms with Crippen molar-refractivity contribution >= 4 is 5.97 Å². The van der Waals surface area contributed by atoms with E-state index in [0.29, 0.717) is 12.8 Å². The molecule has 0 unspecified atom stereocenters. The highest BCUT2D eigenvalue weighted by molar-refractivity contribution is 5.85. The summed E-state index contributed by atoms with van der Waals surface area (Å²) >= 11 is 0. The molecule has 24 atom stereocenters.